The molecule has 6 nitrogen and oxygen atoms in total. The third kappa shape index (κ3) is 2.17. The SMILES string of the molecule is Cc1cc(N2CC[C@H](O)[C@@H](O)C2)n2nc(C)cc2n1. The summed E-state index contributed by atoms with van der Waals surface area (Å²) in [5, 5.41) is 23.9. The number of β-amino-alcohol motifs (C(OH)–C–C–N with tert-alkyl or cyclic N) is 1. The van der Waals surface area contributed by atoms with Crippen molar-refractivity contribution >= 4 is 11.5 Å². The zero-order chi connectivity index (χ0) is 13.6. The molecule has 3 heterocycles. The molecule has 1 fully saturated rings. The maximum absolute atomic E-state index is 9.82. The Morgan fingerprint density at radius 2 is 1.95 bits per heavy atom. The molecule has 2 atom stereocenters. The van der Waals surface area contributed by atoms with E-state index in [1.807, 2.05) is 30.9 Å². The topological polar surface area (TPSA) is 73.9 Å². The second-order valence-electron chi connectivity index (χ2n) is 5.18. The quantitative estimate of drug-likeness (QED) is 0.772. The first-order chi connectivity index (χ1) is 9.04. The summed E-state index contributed by atoms with van der Waals surface area (Å²) in [6, 6.07) is 3.90. The molecular formula is C13H18N4O2. The van der Waals surface area contributed by atoms with Gasteiger partial charge >= 0.3 is 0 Å². The Bertz CT molecular complexity index is 610. The summed E-state index contributed by atoms with van der Waals surface area (Å²) >= 11 is 0. The van der Waals surface area contributed by atoms with Gasteiger partial charge in [0.1, 0.15) is 5.82 Å². The first-order valence-corrected chi connectivity index (χ1v) is 6.50. The van der Waals surface area contributed by atoms with Crippen LogP contribution >= 0.6 is 0 Å². The van der Waals surface area contributed by atoms with Gasteiger partial charge in [-0.2, -0.15) is 9.61 Å². The van der Waals surface area contributed by atoms with Gasteiger partial charge in [0.15, 0.2) is 5.65 Å². The fraction of sp³-hybridized carbons (Fsp3) is 0.538. The molecule has 2 aromatic rings. The Balaban J connectivity index is 2.04. The zero-order valence-electron chi connectivity index (χ0n) is 11.1. The van der Waals surface area contributed by atoms with E-state index in [0.717, 1.165) is 22.9 Å². The Hall–Kier alpha value is -1.66. The van der Waals surface area contributed by atoms with Crippen molar-refractivity contribution in [1.82, 2.24) is 14.6 Å². The minimum absolute atomic E-state index is 0.415. The smallest absolute Gasteiger partial charge is 0.157 e. The van der Waals surface area contributed by atoms with E-state index >= 15 is 0 Å². The molecule has 102 valence electrons. The van der Waals surface area contributed by atoms with Crippen molar-refractivity contribution in [3.8, 4) is 0 Å². The lowest BCUT2D eigenvalue weighted by atomic mass is 10.1. The predicted molar refractivity (Wildman–Crippen MR) is 71.3 cm³/mol. The molecule has 0 amide bonds. The summed E-state index contributed by atoms with van der Waals surface area (Å²) < 4.78 is 1.80. The third-order valence-corrected chi connectivity index (χ3v) is 3.53. The highest BCUT2D eigenvalue weighted by Gasteiger charge is 2.27. The van der Waals surface area contributed by atoms with Crippen LogP contribution in [-0.2, 0) is 0 Å². The van der Waals surface area contributed by atoms with Crippen LogP contribution < -0.4 is 4.90 Å². The third-order valence-electron chi connectivity index (χ3n) is 3.53. The molecule has 2 N–H and O–H groups in total. The zero-order valence-corrected chi connectivity index (χ0v) is 11.1. The van der Waals surface area contributed by atoms with Gasteiger partial charge in [-0.25, -0.2) is 4.98 Å². The summed E-state index contributed by atoms with van der Waals surface area (Å²) in [5.41, 5.74) is 2.65. The minimum Gasteiger partial charge on any atom is -0.390 e. The van der Waals surface area contributed by atoms with Crippen LogP contribution in [0.15, 0.2) is 12.1 Å². The van der Waals surface area contributed by atoms with Gasteiger partial charge in [0, 0.05) is 30.9 Å². The number of fused-ring (bicyclic) bond motifs is 1. The summed E-state index contributed by atoms with van der Waals surface area (Å²) in [5.74, 6) is 0.918. The van der Waals surface area contributed by atoms with E-state index in [-0.39, 0.29) is 0 Å². The maximum atomic E-state index is 9.82. The lowest BCUT2D eigenvalue weighted by molar-refractivity contribution is 0.00778. The van der Waals surface area contributed by atoms with Gasteiger partial charge in [-0.1, -0.05) is 0 Å². The van der Waals surface area contributed by atoms with Crippen LogP contribution in [0.5, 0.6) is 0 Å². The molecule has 3 rings (SSSR count). The second-order valence-corrected chi connectivity index (χ2v) is 5.18. The van der Waals surface area contributed by atoms with E-state index in [0.29, 0.717) is 19.5 Å². The van der Waals surface area contributed by atoms with Gasteiger partial charge in [-0.05, 0) is 20.3 Å². The van der Waals surface area contributed by atoms with Crippen molar-refractivity contribution in [2.75, 3.05) is 18.0 Å². The molecule has 0 bridgehead atoms. The van der Waals surface area contributed by atoms with Crippen molar-refractivity contribution in [2.45, 2.75) is 32.5 Å². The molecule has 0 aromatic carbocycles. The van der Waals surface area contributed by atoms with Crippen LogP contribution in [0.4, 0.5) is 5.82 Å². The molecule has 1 aliphatic heterocycles. The number of nitrogens with zero attached hydrogens (tertiary/aromatic N) is 4. The summed E-state index contributed by atoms with van der Waals surface area (Å²) in [4.78, 5) is 6.49. The Morgan fingerprint density at radius 3 is 2.68 bits per heavy atom. The molecule has 1 aliphatic rings. The molecule has 1 saturated heterocycles. The van der Waals surface area contributed by atoms with E-state index in [1.54, 1.807) is 4.52 Å². The number of hydrogen-bond donors (Lipinski definition) is 2. The molecule has 6 heteroatoms. The van der Waals surface area contributed by atoms with E-state index in [2.05, 4.69) is 10.1 Å². The summed E-state index contributed by atoms with van der Waals surface area (Å²) in [6.07, 6.45) is -0.785. The van der Waals surface area contributed by atoms with Crippen molar-refractivity contribution in [3.05, 3.63) is 23.5 Å². The van der Waals surface area contributed by atoms with Gasteiger partial charge in [0.2, 0.25) is 0 Å². The second kappa shape index (κ2) is 4.47. The van der Waals surface area contributed by atoms with Crippen LogP contribution in [0.25, 0.3) is 5.65 Å². The molecule has 0 spiro atoms. The summed E-state index contributed by atoms with van der Waals surface area (Å²) in [7, 11) is 0. The van der Waals surface area contributed by atoms with Crippen molar-refractivity contribution < 1.29 is 10.2 Å². The van der Waals surface area contributed by atoms with Crippen molar-refractivity contribution in [1.29, 1.82) is 0 Å². The standard InChI is InChI=1S/C13H18N4O2/c1-8-6-13(16-4-3-10(18)11(19)7-16)17-12(14-8)5-9(2)15-17/h5-6,10-11,18-19H,3-4,7H2,1-2H3/t10-,11-/m0/s1. The maximum Gasteiger partial charge on any atom is 0.157 e. The molecule has 2 aromatic heterocycles. The Labute approximate surface area is 111 Å². The molecular weight excluding hydrogens is 244 g/mol. The Kier molecular flexibility index (Phi) is 2.91. The van der Waals surface area contributed by atoms with Gasteiger partial charge in [0.25, 0.3) is 0 Å². The fourth-order valence-corrected chi connectivity index (χ4v) is 2.55. The fourth-order valence-electron chi connectivity index (χ4n) is 2.55. The van der Waals surface area contributed by atoms with Crippen LogP contribution in [-0.4, -0.2) is 50.1 Å². The lowest BCUT2D eigenvalue weighted by Gasteiger charge is -2.34. The largest absolute Gasteiger partial charge is 0.390 e. The molecule has 0 unspecified atom stereocenters. The molecule has 0 saturated carbocycles. The highest BCUT2D eigenvalue weighted by atomic mass is 16.3. The normalized spacial score (nSPS) is 24.1. The molecule has 0 aliphatic carbocycles. The first kappa shape index (κ1) is 12.4. The highest BCUT2D eigenvalue weighted by Crippen LogP contribution is 2.22. The van der Waals surface area contributed by atoms with Gasteiger partial charge in [0.05, 0.1) is 17.9 Å². The van der Waals surface area contributed by atoms with E-state index in [1.165, 1.54) is 0 Å². The van der Waals surface area contributed by atoms with Crippen LogP contribution in [0.1, 0.15) is 17.8 Å². The number of aliphatic hydroxyl groups excluding tert-OH is 2. The molecule has 0 radical (unpaired) electrons. The first-order valence-electron chi connectivity index (χ1n) is 6.50. The number of rotatable bonds is 1. The number of piperidine rings is 1. The van der Waals surface area contributed by atoms with Crippen molar-refractivity contribution in [2.24, 2.45) is 0 Å². The minimum atomic E-state index is -0.714. The monoisotopic (exact) mass is 262 g/mol. The van der Waals surface area contributed by atoms with Crippen molar-refractivity contribution in [3.63, 3.8) is 0 Å². The van der Waals surface area contributed by atoms with Crippen LogP contribution in [0, 0.1) is 13.8 Å². The van der Waals surface area contributed by atoms with Crippen LogP contribution in [0.2, 0.25) is 0 Å². The number of hydrogen-bond acceptors (Lipinski definition) is 5. The van der Waals surface area contributed by atoms with Crippen LogP contribution in [0.3, 0.4) is 0 Å². The summed E-state index contributed by atoms with van der Waals surface area (Å²) in [6.45, 7) is 5.00. The van der Waals surface area contributed by atoms with E-state index < -0.39 is 12.2 Å². The number of aliphatic hydroxyl groups is 2. The average Bonchev–Trinajstić information content (AvgIpc) is 2.72. The van der Waals surface area contributed by atoms with E-state index in [9.17, 15) is 10.2 Å². The van der Waals surface area contributed by atoms with Gasteiger partial charge in [-0.15, -0.1) is 0 Å². The molecule has 19 heavy (non-hydrogen) atoms. The number of aryl methyl sites for hydroxylation is 2. The van der Waals surface area contributed by atoms with Gasteiger partial charge in [-0.3, -0.25) is 0 Å². The average molecular weight is 262 g/mol. The Morgan fingerprint density at radius 1 is 1.16 bits per heavy atom. The number of aromatic nitrogens is 3. The predicted octanol–water partition coefficient (Wildman–Crippen LogP) is 0.278. The highest BCUT2D eigenvalue weighted by molar-refractivity contribution is 5.52. The van der Waals surface area contributed by atoms with E-state index in [4.69, 9.17) is 0 Å². The van der Waals surface area contributed by atoms with Gasteiger partial charge < -0.3 is 15.1 Å². The lowest BCUT2D eigenvalue weighted by Crippen LogP contribution is -2.47. The number of anilines is 1.